The van der Waals surface area contributed by atoms with Crippen LogP contribution >= 0.6 is 35.0 Å². The van der Waals surface area contributed by atoms with Crippen molar-refractivity contribution in [2.75, 3.05) is 11.1 Å². The predicted molar refractivity (Wildman–Crippen MR) is 156 cm³/mol. The van der Waals surface area contributed by atoms with Crippen LogP contribution in [0, 0.1) is 30.9 Å². The summed E-state index contributed by atoms with van der Waals surface area (Å²) in [6.45, 7) is 5.41. The molecule has 0 radical (unpaired) electrons. The number of aromatic nitrogens is 3. The summed E-state index contributed by atoms with van der Waals surface area (Å²) < 4.78 is 1.66. The first-order valence-corrected chi connectivity index (χ1v) is 13.7. The van der Waals surface area contributed by atoms with E-state index in [2.05, 4.69) is 20.8 Å². The number of nitro benzene ring substituents is 1. The second-order valence-electron chi connectivity index (χ2n) is 8.93. The van der Waals surface area contributed by atoms with E-state index in [-0.39, 0.29) is 29.5 Å². The topological polar surface area (TPSA) is 132 Å². The summed E-state index contributed by atoms with van der Waals surface area (Å²) >= 11 is 13.5. The van der Waals surface area contributed by atoms with Gasteiger partial charge in [-0.1, -0.05) is 53.2 Å². The first kappa shape index (κ1) is 29.1. The van der Waals surface area contributed by atoms with Crippen LogP contribution in [0.3, 0.4) is 0 Å². The third-order valence-corrected chi connectivity index (χ3v) is 7.60. The molecule has 2 amide bonds. The monoisotopic (exact) mass is 598 g/mol. The van der Waals surface area contributed by atoms with Crippen LogP contribution in [-0.4, -0.2) is 37.3 Å². The van der Waals surface area contributed by atoms with E-state index in [9.17, 15) is 19.7 Å². The van der Waals surface area contributed by atoms with E-state index in [0.29, 0.717) is 32.3 Å². The maximum atomic E-state index is 12.8. The van der Waals surface area contributed by atoms with Gasteiger partial charge in [0.1, 0.15) is 0 Å². The Morgan fingerprint density at radius 3 is 2.45 bits per heavy atom. The number of thioether (sulfide) groups is 1. The molecule has 1 heterocycles. The van der Waals surface area contributed by atoms with Gasteiger partial charge < -0.3 is 10.6 Å². The molecule has 40 heavy (non-hydrogen) atoms. The van der Waals surface area contributed by atoms with Gasteiger partial charge in [-0.15, -0.1) is 10.2 Å². The van der Waals surface area contributed by atoms with Gasteiger partial charge in [0.2, 0.25) is 5.91 Å². The molecule has 0 aliphatic rings. The minimum Gasteiger partial charge on any atom is -0.345 e. The number of nitro groups is 1. The zero-order valence-corrected chi connectivity index (χ0v) is 24.0. The number of rotatable bonds is 9. The third kappa shape index (κ3) is 6.79. The van der Waals surface area contributed by atoms with Gasteiger partial charge in [0.25, 0.3) is 11.6 Å². The lowest BCUT2D eigenvalue weighted by Crippen LogP contribution is -2.25. The smallest absolute Gasteiger partial charge is 0.273 e. The van der Waals surface area contributed by atoms with Crippen LogP contribution in [0.2, 0.25) is 10.0 Å². The van der Waals surface area contributed by atoms with Gasteiger partial charge in [-0.2, -0.15) is 0 Å². The zero-order valence-electron chi connectivity index (χ0n) is 21.7. The molecule has 1 aromatic heterocycles. The number of amides is 2. The highest BCUT2D eigenvalue weighted by Crippen LogP contribution is 2.29. The normalized spacial score (nSPS) is 10.8. The zero-order chi connectivity index (χ0) is 29.0. The van der Waals surface area contributed by atoms with Crippen molar-refractivity contribution in [2.45, 2.75) is 32.5 Å². The van der Waals surface area contributed by atoms with Gasteiger partial charge >= 0.3 is 0 Å². The van der Waals surface area contributed by atoms with Gasteiger partial charge in [-0.25, -0.2) is 0 Å². The standard InChI is InChI=1S/C27H24Cl2N6O4S/c1-15-4-5-16(2)22(10-15)31-25(36)14-40-27-33-32-24(34(27)19-8-9-20(28)21(29)12-19)13-30-26(37)18-7-6-17(3)23(11-18)35(38)39/h4-12H,13-14H2,1-3H3,(H,30,37)(H,31,36). The van der Waals surface area contributed by atoms with Gasteiger partial charge in [0, 0.05) is 22.9 Å². The Bertz CT molecular complexity index is 1620. The predicted octanol–water partition coefficient (Wildman–Crippen LogP) is 6.07. The van der Waals surface area contributed by atoms with E-state index in [0.717, 1.165) is 28.6 Å². The number of carbonyl (C=O) groups is 2. The lowest BCUT2D eigenvalue weighted by molar-refractivity contribution is -0.385. The van der Waals surface area contributed by atoms with E-state index in [1.54, 1.807) is 29.7 Å². The molecule has 4 rings (SSSR count). The summed E-state index contributed by atoms with van der Waals surface area (Å²) in [6, 6.07) is 15.0. The minimum atomic E-state index is -0.535. The molecule has 0 unspecified atom stereocenters. The van der Waals surface area contributed by atoms with Gasteiger partial charge in [0.15, 0.2) is 11.0 Å². The fourth-order valence-electron chi connectivity index (χ4n) is 3.79. The maximum absolute atomic E-state index is 12.8. The number of halogens is 2. The van der Waals surface area contributed by atoms with Crippen molar-refractivity contribution in [3.05, 3.63) is 103 Å². The average Bonchev–Trinajstić information content (AvgIpc) is 3.32. The summed E-state index contributed by atoms with van der Waals surface area (Å²) in [4.78, 5) is 36.3. The van der Waals surface area contributed by atoms with Crippen molar-refractivity contribution in [1.82, 2.24) is 20.1 Å². The fourth-order valence-corrected chi connectivity index (χ4v) is 4.85. The maximum Gasteiger partial charge on any atom is 0.273 e. The molecule has 0 spiro atoms. The highest BCUT2D eigenvalue weighted by Gasteiger charge is 2.19. The molecule has 206 valence electrons. The summed E-state index contributed by atoms with van der Waals surface area (Å²) in [5.74, 6) is -0.343. The van der Waals surface area contributed by atoms with Gasteiger partial charge in [0.05, 0.1) is 33.0 Å². The minimum absolute atomic E-state index is 0.0478. The molecule has 0 bridgehead atoms. The number of nitrogens with zero attached hydrogens (tertiary/aromatic N) is 4. The van der Waals surface area contributed by atoms with Crippen LogP contribution in [0.5, 0.6) is 0 Å². The molecule has 0 aliphatic carbocycles. The second-order valence-corrected chi connectivity index (χ2v) is 10.7. The molecule has 0 fully saturated rings. The molecule has 0 saturated heterocycles. The Morgan fingerprint density at radius 2 is 1.73 bits per heavy atom. The van der Waals surface area contributed by atoms with Crippen LogP contribution in [-0.2, 0) is 11.3 Å². The van der Waals surface area contributed by atoms with Crippen LogP contribution < -0.4 is 10.6 Å². The molecule has 2 N–H and O–H groups in total. The number of aryl methyl sites for hydroxylation is 3. The lowest BCUT2D eigenvalue weighted by atomic mass is 10.1. The highest BCUT2D eigenvalue weighted by atomic mass is 35.5. The Balaban J connectivity index is 1.55. The van der Waals surface area contributed by atoms with Crippen LogP contribution in [0.25, 0.3) is 5.69 Å². The first-order valence-electron chi connectivity index (χ1n) is 12.0. The Kier molecular flexibility index (Phi) is 9.08. The Morgan fingerprint density at radius 1 is 0.975 bits per heavy atom. The third-order valence-electron chi connectivity index (χ3n) is 5.94. The molecule has 10 nitrogen and oxygen atoms in total. The van der Waals surface area contributed by atoms with E-state index in [1.165, 1.54) is 18.2 Å². The molecule has 0 aliphatic heterocycles. The first-order chi connectivity index (χ1) is 19.0. The fraction of sp³-hybridized carbons (Fsp3) is 0.185. The van der Waals surface area contributed by atoms with Crippen molar-refractivity contribution < 1.29 is 14.5 Å². The molecular formula is C27H24Cl2N6O4S. The van der Waals surface area contributed by atoms with Crippen LogP contribution in [0.4, 0.5) is 11.4 Å². The number of hydrogen-bond acceptors (Lipinski definition) is 7. The van der Waals surface area contributed by atoms with Crippen molar-refractivity contribution in [1.29, 1.82) is 0 Å². The molecule has 0 saturated carbocycles. The van der Waals surface area contributed by atoms with Gasteiger partial charge in [-0.3, -0.25) is 24.3 Å². The number of benzene rings is 3. The van der Waals surface area contributed by atoms with E-state index in [4.69, 9.17) is 23.2 Å². The summed E-state index contributed by atoms with van der Waals surface area (Å²) in [5, 5.41) is 26.4. The summed E-state index contributed by atoms with van der Waals surface area (Å²) in [7, 11) is 0. The van der Waals surface area contributed by atoms with Crippen LogP contribution in [0.1, 0.15) is 32.9 Å². The number of hydrogen-bond donors (Lipinski definition) is 2. The largest absolute Gasteiger partial charge is 0.345 e. The number of nitrogens with one attached hydrogen (secondary N) is 2. The molecule has 4 aromatic rings. The average molecular weight is 600 g/mol. The molecule has 13 heteroatoms. The highest BCUT2D eigenvalue weighted by molar-refractivity contribution is 7.99. The van der Waals surface area contributed by atoms with Crippen molar-refractivity contribution in [3.63, 3.8) is 0 Å². The molecule has 0 atom stereocenters. The number of anilines is 1. The molecule has 3 aromatic carbocycles. The number of carbonyl (C=O) groups excluding carboxylic acids is 2. The Labute approximate surface area is 244 Å². The van der Waals surface area contributed by atoms with Gasteiger partial charge in [-0.05, 0) is 62.2 Å². The Hall–Kier alpha value is -3.93. The van der Waals surface area contributed by atoms with Crippen molar-refractivity contribution >= 4 is 58.2 Å². The lowest BCUT2D eigenvalue weighted by Gasteiger charge is -2.12. The van der Waals surface area contributed by atoms with Crippen molar-refractivity contribution in [3.8, 4) is 5.69 Å². The van der Waals surface area contributed by atoms with E-state index >= 15 is 0 Å². The van der Waals surface area contributed by atoms with E-state index < -0.39 is 10.8 Å². The summed E-state index contributed by atoms with van der Waals surface area (Å²) in [5.41, 5.74) is 3.72. The quantitative estimate of drug-likeness (QED) is 0.136. The van der Waals surface area contributed by atoms with Crippen LogP contribution in [0.15, 0.2) is 59.8 Å². The summed E-state index contributed by atoms with van der Waals surface area (Å²) in [6.07, 6.45) is 0. The molecular weight excluding hydrogens is 575 g/mol. The second kappa shape index (κ2) is 12.5. The van der Waals surface area contributed by atoms with E-state index in [1.807, 2.05) is 32.0 Å². The van der Waals surface area contributed by atoms with Crippen molar-refractivity contribution in [2.24, 2.45) is 0 Å². The SMILES string of the molecule is Cc1ccc(C)c(NC(=O)CSc2nnc(CNC(=O)c3ccc(C)c([N+](=O)[O-])c3)n2-c2ccc(Cl)c(Cl)c2)c1.